The van der Waals surface area contributed by atoms with E-state index in [1.807, 2.05) is 48.5 Å². The first-order valence-corrected chi connectivity index (χ1v) is 8.58. The zero-order chi connectivity index (χ0) is 19.1. The number of amides is 2. The molecule has 1 N–H and O–H groups in total. The predicted octanol–water partition coefficient (Wildman–Crippen LogP) is 4.47. The van der Waals surface area contributed by atoms with Crippen LogP contribution in [0.3, 0.4) is 0 Å². The van der Waals surface area contributed by atoms with Crippen LogP contribution in [0.2, 0.25) is 0 Å². The molecule has 0 atom stereocenters. The molecule has 0 unspecified atom stereocenters. The summed E-state index contributed by atoms with van der Waals surface area (Å²) in [4.78, 5) is 25.7. The van der Waals surface area contributed by atoms with Crippen LogP contribution in [0, 0.1) is 0 Å². The molecule has 0 bridgehead atoms. The molecule has 0 aromatic heterocycles. The molecule has 2 amide bonds. The number of hydrogen-bond acceptors (Lipinski definition) is 3. The van der Waals surface area contributed by atoms with Crippen LogP contribution in [0.5, 0.6) is 11.5 Å². The molecular formula is C22H20N2O3. The summed E-state index contributed by atoms with van der Waals surface area (Å²) < 4.78 is 5.73. The number of rotatable bonds is 6. The molecule has 0 fully saturated rings. The number of ether oxygens (including phenoxy) is 1. The largest absolute Gasteiger partial charge is 0.457 e. The minimum Gasteiger partial charge on any atom is -0.457 e. The van der Waals surface area contributed by atoms with Gasteiger partial charge < -0.3 is 15.0 Å². The normalized spacial score (nSPS) is 10.1. The van der Waals surface area contributed by atoms with Crippen molar-refractivity contribution in [1.29, 1.82) is 0 Å². The van der Waals surface area contributed by atoms with E-state index < -0.39 is 0 Å². The van der Waals surface area contributed by atoms with Gasteiger partial charge in [-0.15, -0.1) is 0 Å². The lowest BCUT2D eigenvalue weighted by atomic mass is 10.2. The van der Waals surface area contributed by atoms with Gasteiger partial charge in [0.1, 0.15) is 18.0 Å². The van der Waals surface area contributed by atoms with Crippen LogP contribution in [0.15, 0.2) is 84.9 Å². The Bertz CT molecular complexity index is 894. The molecule has 0 aliphatic carbocycles. The standard InChI is InChI=1S/C22H20N2O3/c1-17(25)24(19-8-4-2-5-9-19)16-22(26)23-18-12-14-21(15-13-18)27-20-10-6-3-7-11-20/h2-15H,16H2,1H3,(H,23,26). The number of anilines is 2. The average Bonchev–Trinajstić information content (AvgIpc) is 2.69. The molecule has 3 rings (SSSR count). The molecule has 27 heavy (non-hydrogen) atoms. The molecule has 136 valence electrons. The summed E-state index contributed by atoms with van der Waals surface area (Å²) >= 11 is 0. The van der Waals surface area contributed by atoms with Crippen LogP contribution in [-0.2, 0) is 9.59 Å². The van der Waals surface area contributed by atoms with E-state index in [-0.39, 0.29) is 18.4 Å². The fourth-order valence-corrected chi connectivity index (χ4v) is 2.57. The molecule has 3 aromatic carbocycles. The van der Waals surface area contributed by atoms with E-state index in [0.717, 1.165) is 5.75 Å². The molecule has 0 heterocycles. The summed E-state index contributed by atoms with van der Waals surface area (Å²) in [6, 6.07) is 25.7. The van der Waals surface area contributed by atoms with Crippen molar-refractivity contribution in [3.05, 3.63) is 84.9 Å². The van der Waals surface area contributed by atoms with Crippen LogP contribution in [0.25, 0.3) is 0 Å². The van der Waals surface area contributed by atoms with Gasteiger partial charge >= 0.3 is 0 Å². The van der Waals surface area contributed by atoms with Crippen molar-refractivity contribution in [3.8, 4) is 11.5 Å². The van der Waals surface area contributed by atoms with E-state index in [1.165, 1.54) is 11.8 Å². The first-order chi connectivity index (χ1) is 13.1. The molecule has 0 spiro atoms. The first-order valence-electron chi connectivity index (χ1n) is 8.58. The second-order valence-electron chi connectivity index (χ2n) is 5.93. The molecule has 5 nitrogen and oxygen atoms in total. The van der Waals surface area contributed by atoms with Crippen molar-refractivity contribution in [3.63, 3.8) is 0 Å². The van der Waals surface area contributed by atoms with Crippen LogP contribution >= 0.6 is 0 Å². The lowest BCUT2D eigenvalue weighted by Gasteiger charge is -2.20. The van der Waals surface area contributed by atoms with E-state index >= 15 is 0 Å². The van der Waals surface area contributed by atoms with Crippen LogP contribution in [0.4, 0.5) is 11.4 Å². The lowest BCUT2D eigenvalue weighted by Crippen LogP contribution is -2.36. The van der Waals surface area contributed by atoms with Gasteiger partial charge in [-0.25, -0.2) is 0 Å². The summed E-state index contributed by atoms with van der Waals surface area (Å²) in [7, 11) is 0. The highest BCUT2D eigenvalue weighted by Gasteiger charge is 2.15. The minimum absolute atomic E-state index is 0.0540. The SMILES string of the molecule is CC(=O)N(CC(=O)Nc1ccc(Oc2ccccc2)cc1)c1ccccc1. The van der Waals surface area contributed by atoms with Crippen molar-refractivity contribution in [2.75, 3.05) is 16.8 Å². The smallest absolute Gasteiger partial charge is 0.244 e. The molecule has 5 heteroatoms. The Morgan fingerprint density at radius 3 is 1.96 bits per heavy atom. The molecular weight excluding hydrogens is 340 g/mol. The van der Waals surface area contributed by atoms with Crippen molar-refractivity contribution in [2.24, 2.45) is 0 Å². The lowest BCUT2D eigenvalue weighted by molar-refractivity contribution is -0.120. The van der Waals surface area contributed by atoms with Gasteiger partial charge in [-0.3, -0.25) is 9.59 Å². The summed E-state index contributed by atoms with van der Waals surface area (Å²) in [6.07, 6.45) is 0. The van der Waals surface area contributed by atoms with Crippen molar-refractivity contribution in [1.82, 2.24) is 0 Å². The summed E-state index contributed by atoms with van der Waals surface area (Å²) in [5.74, 6) is 0.955. The quantitative estimate of drug-likeness (QED) is 0.705. The fourth-order valence-electron chi connectivity index (χ4n) is 2.57. The predicted molar refractivity (Wildman–Crippen MR) is 106 cm³/mol. The number of benzene rings is 3. The monoisotopic (exact) mass is 360 g/mol. The second kappa shape index (κ2) is 8.67. The van der Waals surface area contributed by atoms with Crippen LogP contribution < -0.4 is 15.0 Å². The minimum atomic E-state index is -0.272. The third-order valence-electron chi connectivity index (χ3n) is 3.87. The van der Waals surface area contributed by atoms with Crippen molar-refractivity contribution >= 4 is 23.2 Å². The Balaban J connectivity index is 1.61. The van der Waals surface area contributed by atoms with E-state index in [2.05, 4.69) is 5.32 Å². The van der Waals surface area contributed by atoms with Gasteiger partial charge in [-0.1, -0.05) is 36.4 Å². The summed E-state index contributed by atoms with van der Waals surface area (Å²) in [5, 5.41) is 2.80. The summed E-state index contributed by atoms with van der Waals surface area (Å²) in [6.45, 7) is 1.39. The van der Waals surface area contributed by atoms with E-state index in [0.29, 0.717) is 17.1 Å². The van der Waals surface area contributed by atoms with Gasteiger partial charge in [0, 0.05) is 18.3 Å². The number of hydrogen-bond donors (Lipinski definition) is 1. The Hall–Kier alpha value is -3.60. The molecule has 0 saturated carbocycles. The molecule has 0 saturated heterocycles. The van der Waals surface area contributed by atoms with E-state index in [9.17, 15) is 9.59 Å². The van der Waals surface area contributed by atoms with Gasteiger partial charge in [0.2, 0.25) is 11.8 Å². The Morgan fingerprint density at radius 2 is 1.37 bits per heavy atom. The Labute approximate surface area is 158 Å². The van der Waals surface area contributed by atoms with Crippen LogP contribution in [0.1, 0.15) is 6.92 Å². The third-order valence-corrected chi connectivity index (χ3v) is 3.87. The summed E-state index contributed by atoms with van der Waals surface area (Å²) in [5.41, 5.74) is 1.32. The highest BCUT2D eigenvalue weighted by Crippen LogP contribution is 2.22. The van der Waals surface area contributed by atoms with Crippen LogP contribution in [-0.4, -0.2) is 18.4 Å². The Kier molecular flexibility index (Phi) is 5.84. The number of carbonyl (C=O) groups excluding carboxylic acids is 2. The topological polar surface area (TPSA) is 58.6 Å². The van der Waals surface area contributed by atoms with Gasteiger partial charge in [-0.2, -0.15) is 0 Å². The maximum Gasteiger partial charge on any atom is 0.244 e. The number of carbonyl (C=O) groups is 2. The molecule has 0 radical (unpaired) electrons. The van der Waals surface area contributed by atoms with Crippen molar-refractivity contribution < 1.29 is 14.3 Å². The van der Waals surface area contributed by atoms with Crippen molar-refractivity contribution in [2.45, 2.75) is 6.92 Å². The highest BCUT2D eigenvalue weighted by atomic mass is 16.5. The zero-order valence-electron chi connectivity index (χ0n) is 15.0. The first kappa shape index (κ1) is 18.2. The second-order valence-corrected chi connectivity index (χ2v) is 5.93. The van der Waals surface area contributed by atoms with E-state index in [4.69, 9.17) is 4.74 Å². The molecule has 0 aliphatic heterocycles. The average molecular weight is 360 g/mol. The van der Waals surface area contributed by atoms with Gasteiger partial charge in [0.25, 0.3) is 0 Å². The van der Waals surface area contributed by atoms with Gasteiger partial charge in [0.15, 0.2) is 0 Å². The number of para-hydroxylation sites is 2. The number of nitrogens with zero attached hydrogens (tertiary/aromatic N) is 1. The van der Waals surface area contributed by atoms with E-state index in [1.54, 1.807) is 36.4 Å². The van der Waals surface area contributed by atoms with Gasteiger partial charge in [-0.05, 0) is 48.5 Å². The maximum absolute atomic E-state index is 12.3. The van der Waals surface area contributed by atoms with Gasteiger partial charge in [0.05, 0.1) is 0 Å². The Morgan fingerprint density at radius 1 is 0.815 bits per heavy atom. The maximum atomic E-state index is 12.3. The zero-order valence-corrected chi connectivity index (χ0v) is 15.0. The fraction of sp³-hybridized carbons (Fsp3) is 0.0909. The molecule has 3 aromatic rings. The third kappa shape index (κ3) is 5.19. The highest BCUT2D eigenvalue weighted by molar-refractivity contribution is 6.01. The molecule has 0 aliphatic rings. The number of nitrogens with one attached hydrogen (secondary N) is 1.